The Hall–Kier alpha value is -2.25. The maximum Gasteiger partial charge on any atom is 0.220 e. The summed E-state index contributed by atoms with van der Waals surface area (Å²) in [6, 6.07) is -0.986. The summed E-state index contributed by atoms with van der Waals surface area (Å²) >= 11 is 0. The largest absolute Gasteiger partial charge is 0.394 e. The van der Waals surface area contributed by atoms with Gasteiger partial charge in [-0.3, -0.25) is 4.79 Å². The number of unbranched alkanes of at least 4 members (excludes halogenated alkanes) is 37. The summed E-state index contributed by atoms with van der Waals surface area (Å²) in [7, 11) is 0. The quantitative estimate of drug-likeness (QED) is 0.0199. The first kappa shape index (κ1) is 86.0. The van der Waals surface area contributed by atoms with Crippen molar-refractivity contribution in [3.8, 4) is 0 Å². The third kappa shape index (κ3) is 37.3. The number of ether oxygens (including phenoxy) is 6. The topological polar surface area (TPSA) is 307 Å². The molecule has 0 radical (unpaired) electrons. The van der Waals surface area contributed by atoms with Crippen LogP contribution < -0.4 is 5.32 Å². The molecule has 19 nitrogen and oxygen atoms in total. The molecule has 0 bridgehead atoms. The lowest BCUT2D eigenvalue weighted by molar-refractivity contribution is -0.379. The first-order valence-corrected chi connectivity index (χ1v) is 37.9. The van der Waals surface area contributed by atoms with Crippen molar-refractivity contribution in [3.05, 3.63) is 48.6 Å². The molecule has 3 saturated heterocycles. The summed E-state index contributed by atoms with van der Waals surface area (Å²) in [5.41, 5.74) is 0. The van der Waals surface area contributed by atoms with Crippen molar-refractivity contribution in [2.24, 2.45) is 0 Å². The van der Waals surface area contributed by atoms with E-state index in [0.29, 0.717) is 12.8 Å². The van der Waals surface area contributed by atoms with E-state index in [-0.39, 0.29) is 18.9 Å². The van der Waals surface area contributed by atoms with Crippen LogP contribution in [-0.4, -0.2) is 193 Å². The highest BCUT2D eigenvalue weighted by molar-refractivity contribution is 5.76. The summed E-state index contributed by atoms with van der Waals surface area (Å²) in [5, 5.41) is 120. The van der Waals surface area contributed by atoms with Crippen LogP contribution in [0, 0.1) is 0 Å². The summed E-state index contributed by atoms with van der Waals surface area (Å²) in [4.78, 5) is 13.3. The molecule has 550 valence electrons. The van der Waals surface area contributed by atoms with Gasteiger partial charge >= 0.3 is 0 Å². The van der Waals surface area contributed by atoms with Crippen LogP contribution in [-0.2, 0) is 33.2 Å². The van der Waals surface area contributed by atoms with Gasteiger partial charge in [0.25, 0.3) is 0 Å². The second-order valence-electron chi connectivity index (χ2n) is 27.1. The molecule has 0 aromatic carbocycles. The monoisotopic (exact) mass is 1340 g/mol. The van der Waals surface area contributed by atoms with Crippen molar-refractivity contribution in [2.75, 3.05) is 26.4 Å². The van der Waals surface area contributed by atoms with Gasteiger partial charge in [0.15, 0.2) is 18.9 Å². The Balaban J connectivity index is 1.22. The predicted molar refractivity (Wildman–Crippen MR) is 369 cm³/mol. The number of nitrogens with one attached hydrogen (secondary N) is 1. The molecule has 1 amide bonds. The Bertz CT molecular complexity index is 1890. The Morgan fingerprint density at radius 1 is 0.383 bits per heavy atom. The molecular weight excluding hydrogens is 1200 g/mol. The molecule has 3 fully saturated rings. The normalized spacial score (nSPS) is 27.6. The van der Waals surface area contributed by atoms with Crippen LogP contribution in [0.25, 0.3) is 0 Å². The molecule has 0 spiro atoms. The second kappa shape index (κ2) is 56.5. The summed E-state index contributed by atoms with van der Waals surface area (Å²) in [6.07, 6.45) is 43.4. The minimum atomic E-state index is -1.98. The zero-order valence-electron chi connectivity index (χ0n) is 58.4. The molecule has 3 rings (SSSR count). The molecule has 0 saturated carbocycles. The number of carbonyl (C=O) groups excluding carboxylic acids is 1. The standard InChI is InChI=1S/C75H137NO18/c1-3-5-7-9-11-13-14-15-16-17-18-19-20-21-22-23-24-25-26-27-28-29-30-31-32-33-34-35-36-37-38-39-40-41-42-43-44-45-47-49-51-53-63(81)76-58(59(80)52-50-48-46-12-10-8-6-4-2)57-89-73-69(87)66(84)71(61(55-78)91-73)94-75-70(88)67(85)72(62(56-79)92-75)93-74-68(86)65(83)64(82)60(54-77)90-74/h10,12,14-15,17-18,50,52,58-62,64-75,77-80,82-88H,3-9,11,13,16,19-49,51,53-57H2,1-2H3,(H,76,81)/b12-10+,15-14-,18-17-,52-50+. The van der Waals surface area contributed by atoms with E-state index in [1.54, 1.807) is 6.08 Å². The molecule has 19 heteroatoms. The number of amides is 1. The second-order valence-corrected chi connectivity index (χ2v) is 27.1. The zero-order valence-corrected chi connectivity index (χ0v) is 58.4. The third-order valence-corrected chi connectivity index (χ3v) is 18.8. The van der Waals surface area contributed by atoms with E-state index in [9.17, 15) is 61.0 Å². The Morgan fingerprint density at radius 2 is 0.723 bits per heavy atom. The number of allylic oxidation sites excluding steroid dienone is 7. The number of aliphatic hydroxyl groups is 11. The minimum Gasteiger partial charge on any atom is -0.394 e. The molecule has 3 aliphatic heterocycles. The Kier molecular flexibility index (Phi) is 51.7. The maximum atomic E-state index is 13.3. The summed E-state index contributed by atoms with van der Waals surface area (Å²) < 4.78 is 34.2. The highest BCUT2D eigenvalue weighted by Crippen LogP contribution is 2.33. The molecule has 0 aliphatic carbocycles. The molecule has 0 aromatic rings. The fourth-order valence-corrected chi connectivity index (χ4v) is 12.7. The Morgan fingerprint density at radius 3 is 1.16 bits per heavy atom. The fraction of sp³-hybridized carbons (Fsp3) is 0.880. The van der Waals surface area contributed by atoms with Crippen LogP contribution in [0.1, 0.15) is 290 Å². The average Bonchev–Trinajstić information content (AvgIpc) is 0.791. The number of carbonyl (C=O) groups is 1. The number of aliphatic hydroxyl groups excluding tert-OH is 11. The van der Waals surface area contributed by atoms with E-state index < -0.39 is 124 Å². The minimum absolute atomic E-state index is 0.238. The highest BCUT2D eigenvalue weighted by atomic mass is 16.8. The van der Waals surface area contributed by atoms with Crippen molar-refractivity contribution in [2.45, 2.75) is 394 Å². The predicted octanol–water partition coefficient (Wildman–Crippen LogP) is 11.3. The first-order chi connectivity index (χ1) is 45.8. The maximum absolute atomic E-state index is 13.3. The molecule has 17 unspecified atom stereocenters. The van der Waals surface area contributed by atoms with Crippen molar-refractivity contribution in [3.63, 3.8) is 0 Å². The zero-order chi connectivity index (χ0) is 68.2. The van der Waals surface area contributed by atoms with Gasteiger partial charge in [0.2, 0.25) is 5.91 Å². The molecule has 3 aliphatic rings. The lowest BCUT2D eigenvalue weighted by Crippen LogP contribution is -2.66. The average molecular weight is 1340 g/mol. The highest BCUT2D eigenvalue weighted by Gasteiger charge is 2.53. The van der Waals surface area contributed by atoms with Gasteiger partial charge in [0, 0.05) is 6.42 Å². The van der Waals surface area contributed by atoms with Crippen molar-refractivity contribution < 1.29 is 89.4 Å². The van der Waals surface area contributed by atoms with Gasteiger partial charge in [0.1, 0.15) is 73.2 Å². The molecule has 17 atom stereocenters. The van der Waals surface area contributed by atoms with Gasteiger partial charge in [-0.1, -0.05) is 274 Å². The van der Waals surface area contributed by atoms with Gasteiger partial charge in [-0.15, -0.1) is 0 Å². The first-order valence-electron chi connectivity index (χ1n) is 37.9. The smallest absolute Gasteiger partial charge is 0.220 e. The number of hydrogen-bond acceptors (Lipinski definition) is 18. The van der Waals surface area contributed by atoms with E-state index in [1.807, 2.05) is 6.08 Å². The van der Waals surface area contributed by atoms with Gasteiger partial charge in [-0.05, 0) is 57.8 Å². The van der Waals surface area contributed by atoms with Crippen molar-refractivity contribution in [1.82, 2.24) is 5.32 Å². The number of rotatable bonds is 59. The summed E-state index contributed by atoms with van der Waals surface area (Å²) in [5.74, 6) is -0.285. The van der Waals surface area contributed by atoms with E-state index in [0.717, 1.165) is 51.4 Å². The van der Waals surface area contributed by atoms with Gasteiger partial charge in [-0.25, -0.2) is 0 Å². The Labute approximate surface area is 567 Å². The van der Waals surface area contributed by atoms with Gasteiger partial charge < -0.3 is 89.9 Å². The van der Waals surface area contributed by atoms with Crippen molar-refractivity contribution >= 4 is 5.91 Å². The van der Waals surface area contributed by atoms with Crippen LogP contribution in [0.2, 0.25) is 0 Å². The van der Waals surface area contributed by atoms with Crippen LogP contribution in [0.15, 0.2) is 48.6 Å². The lowest BCUT2D eigenvalue weighted by Gasteiger charge is -2.48. The third-order valence-electron chi connectivity index (χ3n) is 18.8. The van der Waals surface area contributed by atoms with E-state index in [1.165, 1.54) is 205 Å². The van der Waals surface area contributed by atoms with E-state index in [4.69, 9.17) is 28.4 Å². The van der Waals surface area contributed by atoms with Gasteiger partial charge in [0.05, 0.1) is 38.6 Å². The van der Waals surface area contributed by atoms with Crippen LogP contribution >= 0.6 is 0 Å². The fourth-order valence-electron chi connectivity index (χ4n) is 12.7. The number of hydrogen-bond donors (Lipinski definition) is 12. The summed E-state index contributed by atoms with van der Waals surface area (Å²) in [6.45, 7) is 1.62. The molecule has 94 heavy (non-hydrogen) atoms. The molecule has 12 N–H and O–H groups in total. The van der Waals surface area contributed by atoms with Crippen LogP contribution in [0.3, 0.4) is 0 Å². The van der Waals surface area contributed by atoms with E-state index >= 15 is 0 Å². The van der Waals surface area contributed by atoms with Gasteiger partial charge in [-0.2, -0.15) is 0 Å². The lowest BCUT2D eigenvalue weighted by atomic mass is 9.96. The van der Waals surface area contributed by atoms with Crippen LogP contribution in [0.4, 0.5) is 0 Å². The SMILES string of the molecule is CCCC/C=C/CC/C=C/C(O)C(COC1OC(CO)C(OC2OC(CO)C(OC3OC(CO)C(O)C(O)C3O)C(O)C2O)C(O)C1O)NC(=O)CCCCCCCCCCCCCCCCCCCCCCCCCCCCCCC/C=C\C/C=C\CCCCCCC. The van der Waals surface area contributed by atoms with Crippen molar-refractivity contribution in [1.29, 1.82) is 0 Å². The molecular formula is C75H137NO18. The molecule has 3 heterocycles. The van der Waals surface area contributed by atoms with Crippen LogP contribution in [0.5, 0.6) is 0 Å². The molecule has 0 aromatic heterocycles. The van der Waals surface area contributed by atoms with E-state index in [2.05, 4.69) is 55.6 Å².